The first kappa shape index (κ1) is 13.8. The number of hydrogen-bond donors (Lipinski definition) is 2. The van der Waals surface area contributed by atoms with E-state index in [0.717, 1.165) is 5.56 Å². The van der Waals surface area contributed by atoms with Crippen LogP contribution in [0.1, 0.15) is 18.0 Å². The largest absolute Gasteiger partial charge is 0.384 e. The summed E-state index contributed by atoms with van der Waals surface area (Å²) in [6.45, 7) is 1.80. The van der Waals surface area contributed by atoms with Crippen molar-refractivity contribution in [1.82, 2.24) is 20.0 Å². The molecular formula is C12H15N5O3S. The Morgan fingerprint density at radius 1 is 1.43 bits per heavy atom. The molecule has 1 atom stereocenters. The molecule has 3 N–H and O–H groups in total. The lowest BCUT2D eigenvalue weighted by molar-refractivity contribution is 0.508. The minimum absolute atomic E-state index is 0.0524. The lowest BCUT2D eigenvalue weighted by atomic mass is 10.2. The van der Waals surface area contributed by atoms with E-state index >= 15 is 0 Å². The molecule has 112 valence electrons. The first-order chi connectivity index (χ1) is 9.87. The summed E-state index contributed by atoms with van der Waals surface area (Å²) >= 11 is 0. The Hall–Kier alpha value is -2.16. The highest BCUT2D eigenvalue weighted by Gasteiger charge is 2.32. The van der Waals surface area contributed by atoms with E-state index in [9.17, 15) is 13.2 Å². The van der Waals surface area contributed by atoms with Gasteiger partial charge in [0.2, 0.25) is 0 Å². The number of nitrogen functional groups attached to an aromatic ring is 1. The van der Waals surface area contributed by atoms with Crippen LogP contribution in [-0.2, 0) is 9.84 Å². The molecule has 0 radical (unpaired) electrons. The fraction of sp³-hybridized carbons (Fsp3) is 0.417. The smallest absolute Gasteiger partial charge is 0.264 e. The van der Waals surface area contributed by atoms with E-state index in [0.29, 0.717) is 23.6 Å². The van der Waals surface area contributed by atoms with Gasteiger partial charge >= 0.3 is 0 Å². The van der Waals surface area contributed by atoms with Crippen molar-refractivity contribution in [2.24, 2.45) is 0 Å². The van der Waals surface area contributed by atoms with Crippen molar-refractivity contribution in [3.8, 4) is 11.4 Å². The molecule has 1 saturated heterocycles. The van der Waals surface area contributed by atoms with E-state index in [-0.39, 0.29) is 23.1 Å². The minimum Gasteiger partial charge on any atom is -0.384 e. The standard InChI is InChI=1S/C12H15N5O3S/c1-7-11(9-2-3-10(18)15-14-9)16-17(12(7)13)8-4-5-21(19,20)6-8/h2-3,8H,4-6,13H2,1H3,(H,15,18). The number of H-pyrrole nitrogens is 1. The third kappa shape index (κ3) is 2.44. The van der Waals surface area contributed by atoms with Gasteiger partial charge in [0.15, 0.2) is 9.84 Å². The molecule has 3 rings (SSSR count). The van der Waals surface area contributed by atoms with Crippen LogP contribution in [0.25, 0.3) is 11.4 Å². The molecule has 0 amide bonds. The topological polar surface area (TPSA) is 124 Å². The zero-order chi connectivity index (χ0) is 15.2. The fourth-order valence-corrected chi connectivity index (χ4v) is 4.19. The van der Waals surface area contributed by atoms with Gasteiger partial charge < -0.3 is 5.73 Å². The van der Waals surface area contributed by atoms with E-state index < -0.39 is 9.84 Å². The number of aromatic amines is 1. The molecule has 1 fully saturated rings. The maximum absolute atomic E-state index is 11.6. The molecule has 9 heteroatoms. The van der Waals surface area contributed by atoms with E-state index in [4.69, 9.17) is 5.73 Å². The summed E-state index contributed by atoms with van der Waals surface area (Å²) in [5.74, 6) is 0.638. The molecule has 0 saturated carbocycles. The number of nitrogens with zero attached hydrogens (tertiary/aromatic N) is 3. The average molecular weight is 309 g/mol. The second kappa shape index (κ2) is 4.69. The maximum Gasteiger partial charge on any atom is 0.264 e. The zero-order valence-electron chi connectivity index (χ0n) is 11.4. The number of rotatable bonds is 2. The normalized spacial score (nSPS) is 20.7. The monoisotopic (exact) mass is 309 g/mol. The molecule has 2 aromatic heterocycles. The molecule has 1 aliphatic heterocycles. The summed E-state index contributed by atoms with van der Waals surface area (Å²) in [6.07, 6.45) is 0.506. The van der Waals surface area contributed by atoms with Crippen molar-refractivity contribution < 1.29 is 8.42 Å². The van der Waals surface area contributed by atoms with Crippen LogP contribution in [0.4, 0.5) is 5.82 Å². The summed E-state index contributed by atoms with van der Waals surface area (Å²) in [5, 5.41) is 10.7. The van der Waals surface area contributed by atoms with Crippen LogP contribution >= 0.6 is 0 Å². The van der Waals surface area contributed by atoms with Crippen molar-refractivity contribution in [2.75, 3.05) is 17.2 Å². The molecule has 0 aliphatic carbocycles. The number of sulfone groups is 1. The number of aromatic nitrogens is 4. The Morgan fingerprint density at radius 2 is 2.19 bits per heavy atom. The second-order valence-corrected chi connectivity index (χ2v) is 7.40. The first-order valence-electron chi connectivity index (χ1n) is 6.48. The Balaban J connectivity index is 2.04. The van der Waals surface area contributed by atoms with Crippen molar-refractivity contribution in [3.63, 3.8) is 0 Å². The number of nitrogens with two attached hydrogens (primary N) is 1. The van der Waals surface area contributed by atoms with Gasteiger partial charge in [-0.05, 0) is 19.4 Å². The van der Waals surface area contributed by atoms with E-state index in [1.165, 1.54) is 6.07 Å². The number of anilines is 1. The SMILES string of the molecule is Cc1c(-c2ccc(=O)[nH]n2)nn(C2CCS(=O)(=O)C2)c1N. The van der Waals surface area contributed by atoms with Crippen molar-refractivity contribution >= 4 is 15.7 Å². The lowest BCUT2D eigenvalue weighted by Gasteiger charge is -2.10. The van der Waals surface area contributed by atoms with Gasteiger partial charge in [-0.25, -0.2) is 18.2 Å². The average Bonchev–Trinajstić information content (AvgIpc) is 2.93. The van der Waals surface area contributed by atoms with Crippen LogP contribution in [0.15, 0.2) is 16.9 Å². The summed E-state index contributed by atoms with van der Waals surface area (Å²) in [4.78, 5) is 11.1. The molecule has 0 bridgehead atoms. The molecule has 2 aromatic rings. The highest BCUT2D eigenvalue weighted by atomic mass is 32.2. The minimum atomic E-state index is -3.01. The van der Waals surface area contributed by atoms with E-state index in [1.54, 1.807) is 17.7 Å². The first-order valence-corrected chi connectivity index (χ1v) is 8.30. The van der Waals surface area contributed by atoms with Gasteiger partial charge in [0.05, 0.1) is 17.5 Å². The second-order valence-electron chi connectivity index (χ2n) is 5.17. The summed E-state index contributed by atoms with van der Waals surface area (Å²) in [7, 11) is -3.01. The van der Waals surface area contributed by atoms with Crippen molar-refractivity contribution in [2.45, 2.75) is 19.4 Å². The molecular weight excluding hydrogens is 294 g/mol. The Bertz CT molecular complexity index is 832. The lowest BCUT2D eigenvalue weighted by Crippen LogP contribution is -2.15. The molecule has 21 heavy (non-hydrogen) atoms. The summed E-state index contributed by atoms with van der Waals surface area (Å²) in [5.41, 5.74) is 7.51. The molecule has 3 heterocycles. The maximum atomic E-state index is 11.6. The Labute approximate surface area is 120 Å². The summed E-state index contributed by atoms with van der Waals surface area (Å²) in [6, 6.07) is 2.67. The third-order valence-electron chi connectivity index (χ3n) is 3.67. The van der Waals surface area contributed by atoms with Crippen LogP contribution in [0.5, 0.6) is 0 Å². The van der Waals surface area contributed by atoms with Crippen LogP contribution in [0, 0.1) is 6.92 Å². The van der Waals surface area contributed by atoms with Crippen LogP contribution < -0.4 is 11.3 Å². The highest BCUT2D eigenvalue weighted by Crippen LogP contribution is 2.31. The highest BCUT2D eigenvalue weighted by molar-refractivity contribution is 7.91. The Morgan fingerprint density at radius 3 is 2.76 bits per heavy atom. The van der Waals surface area contributed by atoms with Gasteiger partial charge in [-0.2, -0.15) is 10.2 Å². The van der Waals surface area contributed by atoms with Gasteiger partial charge in [0, 0.05) is 11.6 Å². The van der Waals surface area contributed by atoms with Gasteiger partial charge in [0.1, 0.15) is 17.2 Å². The van der Waals surface area contributed by atoms with Gasteiger partial charge in [-0.15, -0.1) is 0 Å². The summed E-state index contributed by atoms with van der Waals surface area (Å²) < 4.78 is 24.7. The zero-order valence-corrected chi connectivity index (χ0v) is 12.2. The quantitative estimate of drug-likeness (QED) is 0.797. The van der Waals surface area contributed by atoms with Gasteiger partial charge in [-0.3, -0.25) is 4.79 Å². The van der Waals surface area contributed by atoms with E-state index in [2.05, 4.69) is 15.3 Å². The number of hydrogen-bond acceptors (Lipinski definition) is 6. The predicted octanol–water partition coefficient (Wildman–Crippen LogP) is -0.116. The van der Waals surface area contributed by atoms with Crippen LogP contribution in [-0.4, -0.2) is 39.9 Å². The molecule has 8 nitrogen and oxygen atoms in total. The Kier molecular flexibility index (Phi) is 3.08. The van der Waals surface area contributed by atoms with Crippen LogP contribution in [0.2, 0.25) is 0 Å². The van der Waals surface area contributed by atoms with Crippen LogP contribution in [0.3, 0.4) is 0 Å². The fourth-order valence-electron chi connectivity index (χ4n) is 2.50. The molecule has 1 aliphatic rings. The molecule has 0 aromatic carbocycles. The van der Waals surface area contributed by atoms with Gasteiger partial charge in [0.25, 0.3) is 5.56 Å². The molecule has 0 spiro atoms. The van der Waals surface area contributed by atoms with Crippen molar-refractivity contribution in [3.05, 3.63) is 28.0 Å². The number of nitrogens with one attached hydrogen (secondary N) is 1. The third-order valence-corrected chi connectivity index (χ3v) is 5.42. The van der Waals surface area contributed by atoms with E-state index in [1.807, 2.05) is 0 Å². The molecule has 1 unspecified atom stereocenters. The van der Waals surface area contributed by atoms with Crippen molar-refractivity contribution in [1.29, 1.82) is 0 Å². The predicted molar refractivity (Wildman–Crippen MR) is 77.5 cm³/mol. The van der Waals surface area contributed by atoms with Gasteiger partial charge in [-0.1, -0.05) is 0 Å².